The topological polar surface area (TPSA) is 59.0 Å². The average molecular weight is 313 g/mol. The molecule has 0 aliphatic carbocycles. The summed E-state index contributed by atoms with van der Waals surface area (Å²) >= 11 is 0. The summed E-state index contributed by atoms with van der Waals surface area (Å²) in [5.74, 6) is 0.638. The molecule has 3 rings (SSSR count). The molecule has 2 aromatic rings. The van der Waals surface area contributed by atoms with Crippen LogP contribution in [-0.4, -0.2) is 24.9 Å². The van der Waals surface area contributed by atoms with Crippen molar-refractivity contribution in [3.8, 4) is 5.75 Å². The van der Waals surface area contributed by atoms with Crippen molar-refractivity contribution in [1.29, 1.82) is 0 Å². The van der Waals surface area contributed by atoms with Crippen molar-refractivity contribution in [1.82, 2.24) is 0 Å². The second kappa shape index (κ2) is 6.71. The van der Waals surface area contributed by atoms with Crippen LogP contribution in [0, 0.1) is 0 Å². The lowest BCUT2D eigenvalue weighted by molar-refractivity contribution is 0.137. The summed E-state index contributed by atoms with van der Waals surface area (Å²) in [6.07, 6.45) is -0.510. The van der Waals surface area contributed by atoms with Gasteiger partial charge in [-0.3, -0.25) is 4.90 Å². The predicted molar refractivity (Wildman–Crippen MR) is 86.5 cm³/mol. The maximum atomic E-state index is 12.4. The van der Waals surface area contributed by atoms with Gasteiger partial charge in [-0.15, -0.1) is 0 Å². The minimum Gasteiger partial charge on any atom is -0.497 e. The summed E-state index contributed by atoms with van der Waals surface area (Å²) in [5.41, 5.74) is 2.29. The van der Waals surface area contributed by atoms with E-state index in [1.807, 2.05) is 30.3 Å². The summed E-state index contributed by atoms with van der Waals surface area (Å²) in [6, 6.07) is 14.9. The van der Waals surface area contributed by atoms with Gasteiger partial charge >= 0.3 is 6.09 Å². The third-order valence-corrected chi connectivity index (χ3v) is 3.94. The molecule has 2 aromatic carbocycles. The fourth-order valence-electron chi connectivity index (χ4n) is 2.68. The smallest absolute Gasteiger partial charge is 0.414 e. The van der Waals surface area contributed by atoms with Crippen molar-refractivity contribution in [3.05, 3.63) is 59.7 Å². The van der Waals surface area contributed by atoms with Crippen LogP contribution < -0.4 is 9.64 Å². The molecule has 0 bridgehead atoms. The van der Waals surface area contributed by atoms with E-state index in [4.69, 9.17) is 9.47 Å². The largest absolute Gasteiger partial charge is 0.497 e. The zero-order valence-electron chi connectivity index (χ0n) is 12.9. The van der Waals surface area contributed by atoms with Gasteiger partial charge in [0.1, 0.15) is 12.4 Å². The predicted octanol–water partition coefficient (Wildman–Crippen LogP) is 3.28. The van der Waals surface area contributed by atoms with Crippen LogP contribution in [-0.2, 0) is 11.3 Å². The molecule has 1 aliphatic rings. The summed E-state index contributed by atoms with van der Waals surface area (Å²) in [6.45, 7) is 0.632. The van der Waals surface area contributed by atoms with E-state index in [1.54, 1.807) is 30.2 Å². The third kappa shape index (κ3) is 3.29. The van der Waals surface area contributed by atoms with E-state index in [2.05, 4.69) is 0 Å². The van der Waals surface area contributed by atoms with Crippen molar-refractivity contribution < 1.29 is 19.4 Å². The molecular weight excluding hydrogens is 294 g/mol. The fourth-order valence-corrected chi connectivity index (χ4v) is 2.68. The normalized spacial score (nSPS) is 16.6. The van der Waals surface area contributed by atoms with E-state index in [-0.39, 0.29) is 6.61 Å². The second-order valence-electron chi connectivity index (χ2n) is 5.42. The Labute approximate surface area is 135 Å². The maximum Gasteiger partial charge on any atom is 0.414 e. The first kappa shape index (κ1) is 15.4. The van der Waals surface area contributed by atoms with Gasteiger partial charge in [0, 0.05) is 18.2 Å². The summed E-state index contributed by atoms with van der Waals surface area (Å²) in [4.78, 5) is 14.0. The molecule has 5 nitrogen and oxygen atoms in total. The monoisotopic (exact) mass is 313 g/mol. The van der Waals surface area contributed by atoms with Crippen molar-refractivity contribution in [2.75, 3.05) is 18.6 Å². The Morgan fingerprint density at radius 3 is 2.78 bits per heavy atom. The maximum absolute atomic E-state index is 12.4. The number of nitrogens with zero attached hydrogens (tertiary/aromatic N) is 1. The molecule has 0 radical (unpaired) electrons. The number of fused-ring (bicyclic) bond motifs is 1. The minimum absolute atomic E-state index is 0.220. The fraction of sp³-hybridized carbons (Fsp3) is 0.278. The SMILES string of the molecule is COc1ccc2c(c1)N(C(=O)OCc1ccccc1)CCC2O. The molecule has 5 heteroatoms. The van der Waals surface area contributed by atoms with Gasteiger partial charge < -0.3 is 14.6 Å². The van der Waals surface area contributed by atoms with E-state index in [0.717, 1.165) is 5.56 Å². The molecule has 23 heavy (non-hydrogen) atoms. The van der Waals surface area contributed by atoms with Gasteiger partial charge in [0.15, 0.2) is 0 Å². The lowest BCUT2D eigenvalue weighted by atomic mass is 9.99. The summed E-state index contributed by atoms with van der Waals surface area (Å²) in [7, 11) is 1.57. The molecule has 0 saturated heterocycles. The van der Waals surface area contributed by atoms with Crippen LogP contribution in [0.5, 0.6) is 5.75 Å². The van der Waals surface area contributed by atoms with E-state index in [9.17, 15) is 9.90 Å². The molecule has 0 spiro atoms. The van der Waals surface area contributed by atoms with Crippen molar-refractivity contribution in [2.45, 2.75) is 19.1 Å². The molecule has 120 valence electrons. The lowest BCUT2D eigenvalue weighted by Crippen LogP contribution is -2.37. The molecule has 0 saturated carbocycles. The second-order valence-corrected chi connectivity index (χ2v) is 5.42. The van der Waals surface area contributed by atoms with Gasteiger partial charge in [0.2, 0.25) is 0 Å². The Bertz CT molecular complexity index is 687. The van der Waals surface area contributed by atoms with E-state index in [0.29, 0.717) is 30.0 Å². The van der Waals surface area contributed by atoms with Crippen LogP contribution in [0.15, 0.2) is 48.5 Å². The molecule has 1 heterocycles. The zero-order valence-corrected chi connectivity index (χ0v) is 12.9. The Kier molecular flexibility index (Phi) is 4.48. The lowest BCUT2D eigenvalue weighted by Gasteiger charge is -2.31. The molecule has 1 amide bonds. The zero-order chi connectivity index (χ0) is 16.2. The molecule has 1 N–H and O–H groups in total. The number of carbonyl (C=O) groups is 1. The van der Waals surface area contributed by atoms with Crippen LogP contribution in [0.2, 0.25) is 0 Å². The van der Waals surface area contributed by atoms with E-state index < -0.39 is 12.2 Å². The number of anilines is 1. The first-order chi connectivity index (χ1) is 11.2. The van der Waals surface area contributed by atoms with Crippen molar-refractivity contribution in [3.63, 3.8) is 0 Å². The molecule has 1 aliphatic heterocycles. The minimum atomic E-state index is -0.575. The highest BCUT2D eigenvalue weighted by Gasteiger charge is 2.29. The van der Waals surface area contributed by atoms with Gasteiger partial charge in [0.05, 0.1) is 18.9 Å². The number of benzene rings is 2. The number of amides is 1. The quantitative estimate of drug-likeness (QED) is 0.945. The highest BCUT2D eigenvalue weighted by molar-refractivity contribution is 5.89. The Morgan fingerprint density at radius 2 is 2.04 bits per heavy atom. The van der Waals surface area contributed by atoms with Crippen molar-refractivity contribution in [2.24, 2.45) is 0 Å². The molecule has 0 aromatic heterocycles. The number of aliphatic hydroxyl groups excluding tert-OH is 1. The number of carbonyl (C=O) groups excluding carboxylic acids is 1. The number of hydrogen-bond acceptors (Lipinski definition) is 4. The number of rotatable bonds is 3. The van der Waals surface area contributed by atoms with Gasteiger partial charge in [0.25, 0.3) is 0 Å². The Balaban J connectivity index is 1.78. The van der Waals surface area contributed by atoms with Crippen LogP contribution in [0.3, 0.4) is 0 Å². The Morgan fingerprint density at radius 1 is 1.26 bits per heavy atom. The number of aliphatic hydroxyl groups is 1. The Hall–Kier alpha value is -2.53. The number of ether oxygens (including phenoxy) is 2. The number of methoxy groups -OCH3 is 1. The highest BCUT2D eigenvalue weighted by Crippen LogP contribution is 2.36. The van der Waals surface area contributed by atoms with Gasteiger partial charge in [-0.05, 0) is 18.1 Å². The molecule has 1 atom stereocenters. The third-order valence-electron chi connectivity index (χ3n) is 3.94. The standard InChI is InChI=1S/C18H19NO4/c1-22-14-7-8-15-16(11-14)19(10-9-17(15)20)18(21)23-12-13-5-3-2-4-6-13/h2-8,11,17,20H,9-10,12H2,1H3. The first-order valence-corrected chi connectivity index (χ1v) is 7.53. The van der Waals surface area contributed by atoms with Crippen LogP contribution in [0.4, 0.5) is 10.5 Å². The van der Waals surface area contributed by atoms with Crippen LogP contribution in [0.1, 0.15) is 23.7 Å². The molecule has 1 unspecified atom stereocenters. The van der Waals surface area contributed by atoms with Gasteiger partial charge in [-0.1, -0.05) is 36.4 Å². The van der Waals surface area contributed by atoms with E-state index >= 15 is 0 Å². The first-order valence-electron chi connectivity index (χ1n) is 7.53. The van der Waals surface area contributed by atoms with Gasteiger partial charge in [-0.25, -0.2) is 4.79 Å². The summed E-state index contributed by atoms with van der Waals surface area (Å²) in [5, 5.41) is 10.1. The van der Waals surface area contributed by atoms with Crippen LogP contribution in [0.25, 0.3) is 0 Å². The van der Waals surface area contributed by atoms with Crippen LogP contribution >= 0.6 is 0 Å². The van der Waals surface area contributed by atoms with Gasteiger partial charge in [-0.2, -0.15) is 0 Å². The molecule has 0 fully saturated rings. The summed E-state index contributed by atoms with van der Waals surface area (Å²) < 4.78 is 10.6. The average Bonchev–Trinajstić information content (AvgIpc) is 2.60. The number of hydrogen-bond donors (Lipinski definition) is 1. The highest BCUT2D eigenvalue weighted by atomic mass is 16.6. The van der Waals surface area contributed by atoms with Crippen molar-refractivity contribution >= 4 is 11.8 Å². The van der Waals surface area contributed by atoms with E-state index in [1.165, 1.54) is 0 Å². The molecular formula is C18H19NO4.